The van der Waals surface area contributed by atoms with Crippen molar-refractivity contribution in [3.8, 4) is 0 Å². The first-order valence-corrected chi connectivity index (χ1v) is 13.0. The Morgan fingerprint density at radius 2 is 1.85 bits per heavy atom. The predicted octanol–water partition coefficient (Wildman–Crippen LogP) is 5.71. The molecule has 0 spiro atoms. The highest BCUT2D eigenvalue weighted by atomic mass is 35.5. The number of nitrogens with zero attached hydrogens (tertiary/aromatic N) is 1. The van der Waals surface area contributed by atoms with E-state index >= 15 is 0 Å². The summed E-state index contributed by atoms with van der Waals surface area (Å²) in [6.45, 7) is 7.78. The maximum Gasteiger partial charge on any atom is 0.424 e. The largest absolute Gasteiger partial charge is 0.442 e. The molecule has 2 saturated heterocycles. The topological polar surface area (TPSA) is 72.9 Å². The van der Waals surface area contributed by atoms with Crippen molar-refractivity contribution in [3.63, 3.8) is 0 Å². The predicted molar refractivity (Wildman–Crippen MR) is 127 cm³/mol. The van der Waals surface area contributed by atoms with Gasteiger partial charge >= 0.3 is 6.09 Å². The molecule has 0 saturated carbocycles. The van der Waals surface area contributed by atoms with Crippen LogP contribution < -0.4 is 0 Å². The zero-order valence-electron chi connectivity index (χ0n) is 19.4. The Bertz CT molecular complexity index is 1150. The Morgan fingerprint density at radius 3 is 2.45 bits per heavy atom. The minimum absolute atomic E-state index is 0.0196. The van der Waals surface area contributed by atoms with Crippen LogP contribution >= 0.6 is 11.6 Å². The first kappa shape index (κ1) is 24.0. The van der Waals surface area contributed by atoms with Gasteiger partial charge in [-0.25, -0.2) is 13.2 Å². The molecular weight excluding hydrogens is 462 g/mol. The van der Waals surface area contributed by atoms with Gasteiger partial charge in [0.25, 0.3) is 10.0 Å². The molecule has 2 aliphatic rings. The maximum atomic E-state index is 13.5. The molecule has 2 aliphatic heterocycles. The van der Waals surface area contributed by atoms with Gasteiger partial charge in [0.1, 0.15) is 11.7 Å². The van der Waals surface area contributed by atoms with Crippen LogP contribution in [0.2, 0.25) is 5.02 Å². The average molecular weight is 492 g/mol. The molecule has 8 heteroatoms. The molecule has 3 atom stereocenters. The molecule has 2 heterocycles. The maximum absolute atomic E-state index is 13.5. The van der Waals surface area contributed by atoms with Crippen molar-refractivity contribution < 1.29 is 22.7 Å². The monoisotopic (exact) mass is 491 g/mol. The lowest BCUT2D eigenvalue weighted by Gasteiger charge is -2.32. The molecule has 3 unspecified atom stereocenters. The summed E-state index contributed by atoms with van der Waals surface area (Å²) in [6, 6.07) is 13.2. The van der Waals surface area contributed by atoms with E-state index in [0.717, 1.165) is 22.7 Å². The number of hydrogen-bond donors (Lipinski definition) is 0. The highest BCUT2D eigenvalue weighted by molar-refractivity contribution is 7.89. The summed E-state index contributed by atoms with van der Waals surface area (Å²) in [5.41, 5.74) is 0.466. The zero-order valence-corrected chi connectivity index (χ0v) is 20.9. The number of carbonyl (C=O) groups excluding carboxylic acids is 1. The van der Waals surface area contributed by atoms with Crippen LogP contribution in [0.4, 0.5) is 4.79 Å². The second-order valence-electron chi connectivity index (χ2n) is 9.63. The van der Waals surface area contributed by atoms with Crippen molar-refractivity contribution in [2.24, 2.45) is 5.92 Å². The fraction of sp³-hybridized carbons (Fsp3) is 0.480. The number of benzene rings is 2. The van der Waals surface area contributed by atoms with Crippen LogP contribution in [-0.2, 0) is 26.0 Å². The molecule has 2 bridgehead atoms. The Hall–Kier alpha value is -2.09. The molecule has 2 aromatic carbocycles. The standard InChI is InChI=1S/C25H30ClNO5S/c1-17(2)25-14-13-24(4,32-25)22(15-25)31-23(28)27(16-19-7-5-6-8-21(19)26)33(29,30)20-11-9-18(3)10-12-20/h5-12,17,22H,13-16H2,1-4H3. The summed E-state index contributed by atoms with van der Waals surface area (Å²) < 4.78 is 40.1. The number of fused-ring (bicyclic) bond motifs is 2. The summed E-state index contributed by atoms with van der Waals surface area (Å²) in [6.07, 6.45) is 0.774. The third-order valence-electron chi connectivity index (χ3n) is 7.07. The van der Waals surface area contributed by atoms with Gasteiger partial charge in [0.15, 0.2) is 0 Å². The van der Waals surface area contributed by atoms with E-state index in [0.29, 0.717) is 17.0 Å². The quantitative estimate of drug-likeness (QED) is 0.517. The molecule has 0 radical (unpaired) electrons. The van der Waals surface area contributed by atoms with Gasteiger partial charge in [-0.15, -0.1) is 0 Å². The second kappa shape index (κ2) is 8.60. The molecule has 6 nitrogen and oxygen atoms in total. The number of ether oxygens (including phenoxy) is 2. The van der Waals surface area contributed by atoms with Gasteiger partial charge in [-0.05, 0) is 56.4 Å². The van der Waals surface area contributed by atoms with E-state index in [2.05, 4.69) is 13.8 Å². The van der Waals surface area contributed by atoms with Crippen LogP contribution in [0.15, 0.2) is 53.4 Å². The van der Waals surface area contributed by atoms with Crippen LogP contribution in [0, 0.1) is 12.8 Å². The molecule has 4 rings (SSSR count). The fourth-order valence-electron chi connectivity index (χ4n) is 4.78. The minimum Gasteiger partial charge on any atom is -0.442 e. The normalized spacial score (nSPS) is 26.5. The molecule has 0 N–H and O–H groups in total. The lowest BCUT2D eigenvalue weighted by Crippen LogP contribution is -2.45. The first-order valence-electron chi connectivity index (χ1n) is 11.2. The smallest absolute Gasteiger partial charge is 0.424 e. The Balaban J connectivity index is 1.65. The second-order valence-corrected chi connectivity index (χ2v) is 11.9. The van der Waals surface area contributed by atoms with Crippen molar-refractivity contribution in [3.05, 3.63) is 64.7 Å². The van der Waals surface area contributed by atoms with E-state index in [1.54, 1.807) is 36.4 Å². The number of sulfonamides is 1. The van der Waals surface area contributed by atoms with Crippen molar-refractivity contribution in [1.29, 1.82) is 0 Å². The number of halogens is 1. The van der Waals surface area contributed by atoms with Crippen LogP contribution in [0.1, 0.15) is 51.2 Å². The molecule has 178 valence electrons. The van der Waals surface area contributed by atoms with Gasteiger partial charge < -0.3 is 9.47 Å². The molecule has 2 aromatic rings. The number of carbonyl (C=O) groups is 1. The molecule has 0 aliphatic carbocycles. The summed E-state index contributed by atoms with van der Waals surface area (Å²) in [4.78, 5) is 13.4. The van der Waals surface area contributed by atoms with Gasteiger partial charge in [0.05, 0.1) is 17.0 Å². The van der Waals surface area contributed by atoms with E-state index in [9.17, 15) is 13.2 Å². The first-order chi connectivity index (χ1) is 15.5. The summed E-state index contributed by atoms with van der Waals surface area (Å²) in [5, 5.41) is 0.378. The molecule has 2 fully saturated rings. The number of amides is 1. The summed E-state index contributed by atoms with van der Waals surface area (Å²) in [5.74, 6) is 0.263. The van der Waals surface area contributed by atoms with Crippen molar-refractivity contribution >= 4 is 27.7 Å². The van der Waals surface area contributed by atoms with E-state index in [1.807, 2.05) is 13.8 Å². The Kier molecular flexibility index (Phi) is 6.27. The van der Waals surface area contributed by atoms with E-state index in [4.69, 9.17) is 21.1 Å². The Morgan fingerprint density at radius 1 is 1.18 bits per heavy atom. The lowest BCUT2D eigenvalue weighted by atomic mass is 9.75. The zero-order chi connectivity index (χ0) is 24.0. The number of hydrogen-bond acceptors (Lipinski definition) is 5. The lowest BCUT2D eigenvalue weighted by molar-refractivity contribution is -0.0827. The molecule has 0 aromatic heterocycles. The van der Waals surface area contributed by atoms with Gasteiger partial charge in [0.2, 0.25) is 0 Å². The third kappa shape index (κ3) is 4.38. The average Bonchev–Trinajstić information content (AvgIpc) is 3.25. The van der Waals surface area contributed by atoms with Crippen LogP contribution in [0.3, 0.4) is 0 Å². The van der Waals surface area contributed by atoms with E-state index in [1.165, 1.54) is 12.1 Å². The van der Waals surface area contributed by atoms with Crippen LogP contribution in [-0.4, -0.2) is 36.1 Å². The number of rotatable bonds is 6. The van der Waals surface area contributed by atoms with Crippen LogP contribution in [0.25, 0.3) is 0 Å². The Labute approximate surface area is 200 Å². The minimum atomic E-state index is -4.18. The van der Waals surface area contributed by atoms with Crippen molar-refractivity contribution in [1.82, 2.24) is 4.31 Å². The molecule has 1 amide bonds. The third-order valence-corrected chi connectivity index (χ3v) is 9.17. The van der Waals surface area contributed by atoms with E-state index in [-0.39, 0.29) is 23.0 Å². The highest BCUT2D eigenvalue weighted by Crippen LogP contribution is 2.55. The fourth-order valence-corrected chi connectivity index (χ4v) is 6.26. The highest BCUT2D eigenvalue weighted by Gasteiger charge is 2.62. The summed E-state index contributed by atoms with van der Waals surface area (Å²) >= 11 is 6.29. The van der Waals surface area contributed by atoms with E-state index < -0.39 is 27.8 Å². The SMILES string of the molecule is Cc1ccc(S(=O)(=O)N(Cc2ccccc2Cl)C(=O)OC2CC3(C(C)C)CCC2(C)O3)cc1. The summed E-state index contributed by atoms with van der Waals surface area (Å²) in [7, 11) is -4.18. The van der Waals surface area contributed by atoms with Crippen molar-refractivity contribution in [2.75, 3.05) is 0 Å². The van der Waals surface area contributed by atoms with Crippen LogP contribution in [0.5, 0.6) is 0 Å². The van der Waals surface area contributed by atoms with Crippen molar-refractivity contribution in [2.45, 2.75) is 75.7 Å². The number of aryl methyl sites for hydroxylation is 1. The van der Waals surface area contributed by atoms with Gasteiger partial charge in [-0.3, -0.25) is 0 Å². The molecule has 33 heavy (non-hydrogen) atoms. The van der Waals surface area contributed by atoms with Gasteiger partial charge in [0, 0.05) is 11.4 Å². The van der Waals surface area contributed by atoms with Gasteiger partial charge in [-0.2, -0.15) is 4.31 Å². The van der Waals surface area contributed by atoms with Gasteiger partial charge in [-0.1, -0.05) is 61.3 Å². The molecular formula is C25H30ClNO5S.